The number of hydrogen-bond acceptors (Lipinski definition) is 6. The molecule has 2 unspecified atom stereocenters. The highest BCUT2D eigenvalue weighted by atomic mass is 16.6. The summed E-state index contributed by atoms with van der Waals surface area (Å²) in [6.45, 7) is 4.93. The summed E-state index contributed by atoms with van der Waals surface area (Å²) in [6, 6.07) is 0. The fourth-order valence-electron chi connectivity index (χ4n) is 3.33. The lowest BCUT2D eigenvalue weighted by Crippen LogP contribution is -2.58. The largest absolute Gasteiger partial charge is 0.391 e. The van der Waals surface area contributed by atoms with Gasteiger partial charge in [0.05, 0.1) is 53.7 Å². The second-order valence-corrected chi connectivity index (χ2v) is 7.30. The van der Waals surface area contributed by atoms with E-state index in [0.29, 0.717) is 61.4 Å². The second kappa shape index (κ2) is 10.6. The number of quaternary nitrogens is 2. The van der Waals surface area contributed by atoms with Crippen molar-refractivity contribution in [2.45, 2.75) is 12.2 Å². The van der Waals surface area contributed by atoms with E-state index in [1.54, 1.807) is 0 Å². The van der Waals surface area contributed by atoms with Gasteiger partial charge in [-0.15, -0.1) is 0 Å². The third-order valence-corrected chi connectivity index (χ3v) is 4.88. The third-order valence-electron chi connectivity index (χ3n) is 4.88. The van der Waals surface area contributed by atoms with Crippen molar-refractivity contribution in [3.8, 4) is 0 Å². The Bertz CT molecular complexity index is 293. The molecule has 0 radical (unpaired) electrons. The van der Waals surface area contributed by atoms with Crippen LogP contribution in [-0.2, 0) is 9.47 Å². The van der Waals surface area contributed by atoms with Crippen LogP contribution in [0.4, 0.5) is 0 Å². The molecule has 4 N–H and O–H groups in total. The van der Waals surface area contributed by atoms with E-state index in [1.165, 1.54) is 0 Å². The fraction of sp³-hybridized carbons (Fsp3) is 1.00. The van der Waals surface area contributed by atoms with Crippen molar-refractivity contribution in [1.82, 2.24) is 0 Å². The van der Waals surface area contributed by atoms with Crippen LogP contribution in [0.2, 0.25) is 0 Å². The Morgan fingerprint density at radius 3 is 1.17 bits per heavy atom. The molecule has 1 aliphatic rings. The van der Waals surface area contributed by atoms with E-state index in [2.05, 4.69) is 0 Å². The van der Waals surface area contributed by atoms with Crippen molar-refractivity contribution in [3.05, 3.63) is 0 Å². The van der Waals surface area contributed by atoms with Crippen LogP contribution >= 0.6 is 0 Å². The Hall–Kier alpha value is -0.320. The van der Waals surface area contributed by atoms with Gasteiger partial charge in [0.2, 0.25) is 0 Å². The summed E-state index contributed by atoms with van der Waals surface area (Å²) in [7, 11) is 4.00. The molecule has 0 aromatic carbocycles. The normalized spacial score (nSPS) is 22.8. The Labute approximate surface area is 145 Å². The zero-order chi connectivity index (χ0) is 18.1. The topological polar surface area (TPSA) is 99.4 Å². The first-order valence-electron chi connectivity index (χ1n) is 8.74. The van der Waals surface area contributed by atoms with Gasteiger partial charge in [-0.25, -0.2) is 0 Å². The molecular formula is C16H36N2O6+2. The van der Waals surface area contributed by atoms with Crippen LogP contribution < -0.4 is 0 Å². The lowest BCUT2D eigenvalue weighted by molar-refractivity contribution is -0.916. The molecule has 144 valence electrons. The molecule has 0 saturated carbocycles. The van der Waals surface area contributed by atoms with Gasteiger partial charge in [0, 0.05) is 0 Å². The van der Waals surface area contributed by atoms with E-state index >= 15 is 0 Å². The zero-order valence-corrected chi connectivity index (χ0v) is 15.1. The van der Waals surface area contributed by atoms with Crippen molar-refractivity contribution in [2.75, 3.05) is 93.0 Å². The van der Waals surface area contributed by atoms with Gasteiger partial charge >= 0.3 is 0 Å². The lowest BCUT2D eigenvalue weighted by atomic mass is 10.2. The Kier molecular flexibility index (Phi) is 9.61. The minimum Gasteiger partial charge on any atom is -0.391 e. The first kappa shape index (κ1) is 21.7. The maximum Gasteiger partial charge on any atom is 0.130 e. The second-order valence-electron chi connectivity index (χ2n) is 7.30. The number of hydrogen-bond donors (Lipinski definition) is 4. The minimum atomic E-state index is -0.0567. The average molecular weight is 352 g/mol. The Balaban J connectivity index is 2.47. The molecule has 0 bridgehead atoms. The summed E-state index contributed by atoms with van der Waals surface area (Å²) in [4.78, 5) is 0. The first-order valence-corrected chi connectivity index (χ1v) is 8.74. The molecule has 2 atom stereocenters. The maximum atomic E-state index is 9.22. The summed E-state index contributed by atoms with van der Waals surface area (Å²) in [5.41, 5.74) is 0. The maximum absolute atomic E-state index is 9.22. The van der Waals surface area contributed by atoms with E-state index in [0.717, 1.165) is 0 Å². The summed E-state index contributed by atoms with van der Waals surface area (Å²) >= 11 is 0. The lowest BCUT2D eigenvalue weighted by Gasteiger charge is -2.41. The number of rotatable bonds is 12. The van der Waals surface area contributed by atoms with Crippen LogP contribution in [0, 0.1) is 0 Å². The van der Waals surface area contributed by atoms with Crippen molar-refractivity contribution < 1.29 is 38.9 Å². The van der Waals surface area contributed by atoms with Gasteiger partial charge in [-0.05, 0) is 0 Å². The van der Waals surface area contributed by atoms with Gasteiger partial charge in [-0.2, -0.15) is 0 Å². The van der Waals surface area contributed by atoms with Gasteiger partial charge in [0.25, 0.3) is 0 Å². The molecule has 1 fully saturated rings. The van der Waals surface area contributed by atoms with Crippen molar-refractivity contribution >= 4 is 0 Å². The van der Waals surface area contributed by atoms with Crippen LogP contribution in [-0.4, -0.2) is 135 Å². The number of aliphatic hydroxyl groups is 4. The number of nitrogens with zero attached hydrogens (tertiary/aromatic N) is 2. The molecule has 8 heteroatoms. The molecule has 0 aromatic rings. The molecule has 1 heterocycles. The van der Waals surface area contributed by atoms with Crippen molar-refractivity contribution in [3.63, 3.8) is 0 Å². The molecule has 24 heavy (non-hydrogen) atoms. The third kappa shape index (κ3) is 7.28. The van der Waals surface area contributed by atoms with Crippen molar-refractivity contribution in [2.24, 2.45) is 0 Å². The van der Waals surface area contributed by atoms with Crippen LogP contribution in [0.15, 0.2) is 0 Å². The fourth-order valence-corrected chi connectivity index (χ4v) is 3.33. The van der Waals surface area contributed by atoms with E-state index < -0.39 is 0 Å². The molecule has 1 rings (SSSR count). The monoisotopic (exact) mass is 352 g/mol. The minimum absolute atomic E-state index is 0.0567. The summed E-state index contributed by atoms with van der Waals surface area (Å²) in [5.74, 6) is 0. The van der Waals surface area contributed by atoms with Gasteiger partial charge in [-0.3, -0.25) is 0 Å². The zero-order valence-electron chi connectivity index (χ0n) is 15.1. The highest BCUT2D eigenvalue weighted by Crippen LogP contribution is 2.15. The van der Waals surface area contributed by atoms with Crippen LogP contribution in [0.5, 0.6) is 0 Å². The molecule has 0 spiro atoms. The number of aliphatic hydroxyl groups excluding tert-OH is 4. The van der Waals surface area contributed by atoms with Crippen LogP contribution in [0.25, 0.3) is 0 Å². The van der Waals surface area contributed by atoms with E-state index in [4.69, 9.17) is 9.47 Å². The van der Waals surface area contributed by atoms with E-state index in [-0.39, 0.29) is 38.6 Å². The summed E-state index contributed by atoms with van der Waals surface area (Å²) in [5, 5.41) is 36.9. The number of ether oxygens (including phenoxy) is 2. The van der Waals surface area contributed by atoms with Crippen molar-refractivity contribution in [1.29, 1.82) is 0 Å². The smallest absolute Gasteiger partial charge is 0.130 e. The van der Waals surface area contributed by atoms with Crippen LogP contribution in [0.3, 0.4) is 0 Å². The highest BCUT2D eigenvalue weighted by molar-refractivity contribution is 4.68. The standard InChI is InChI=1S/C16H36N2O6/c1-17(3-7-19,4-8-20)11-15-13-24-16(14-23-15)12-18(2,5-9-21)6-10-22/h15-16,19-22H,3-14H2,1-2H3/q+2. The van der Waals surface area contributed by atoms with E-state index in [9.17, 15) is 20.4 Å². The molecule has 0 aliphatic carbocycles. The highest BCUT2D eigenvalue weighted by Gasteiger charge is 2.34. The number of likely N-dealkylation sites (N-methyl/N-ethyl adjacent to an activating group) is 2. The van der Waals surface area contributed by atoms with Gasteiger partial charge < -0.3 is 38.9 Å². The van der Waals surface area contributed by atoms with Gasteiger partial charge in [0.15, 0.2) is 0 Å². The molecule has 1 aliphatic heterocycles. The summed E-state index contributed by atoms with van der Waals surface area (Å²) < 4.78 is 13.0. The molecule has 0 amide bonds. The Morgan fingerprint density at radius 2 is 0.958 bits per heavy atom. The van der Waals surface area contributed by atoms with Gasteiger partial charge in [-0.1, -0.05) is 0 Å². The predicted molar refractivity (Wildman–Crippen MR) is 89.4 cm³/mol. The van der Waals surface area contributed by atoms with Gasteiger partial charge in [0.1, 0.15) is 51.5 Å². The molecule has 8 nitrogen and oxygen atoms in total. The molecular weight excluding hydrogens is 316 g/mol. The Morgan fingerprint density at radius 1 is 0.667 bits per heavy atom. The average Bonchev–Trinajstić information content (AvgIpc) is 2.50. The van der Waals surface area contributed by atoms with E-state index in [1.807, 2.05) is 14.1 Å². The molecule has 1 saturated heterocycles. The van der Waals surface area contributed by atoms with Crippen LogP contribution in [0.1, 0.15) is 0 Å². The predicted octanol–water partition coefficient (Wildman–Crippen LogP) is -2.37. The molecule has 0 aromatic heterocycles. The summed E-state index contributed by atoms with van der Waals surface area (Å²) in [6.07, 6.45) is -0.113. The first-order chi connectivity index (χ1) is 11.4. The quantitative estimate of drug-likeness (QED) is 0.293. The SMILES string of the molecule is C[N+](CCO)(CCO)CC1COC(C[N+](C)(CCO)CCO)CO1.